The first-order valence-electron chi connectivity index (χ1n) is 5.89. The second-order valence-electron chi connectivity index (χ2n) is 4.87. The van der Waals surface area contributed by atoms with Crippen LogP contribution in [-0.2, 0) is 4.79 Å². The van der Waals surface area contributed by atoms with Crippen LogP contribution in [0.5, 0.6) is 0 Å². The van der Waals surface area contributed by atoms with Gasteiger partial charge in [0.2, 0.25) is 5.91 Å². The average Bonchev–Trinajstić information content (AvgIpc) is 2.30. The van der Waals surface area contributed by atoms with E-state index in [0.29, 0.717) is 13.0 Å². The van der Waals surface area contributed by atoms with Crippen LogP contribution in [-0.4, -0.2) is 17.4 Å². The quantitative estimate of drug-likeness (QED) is 0.815. The third-order valence-electron chi connectivity index (χ3n) is 2.86. The van der Waals surface area contributed by atoms with Gasteiger partial charge in [0, 0.05) is 11.6 Å². The molecule has 4 heteroatoms. The maximum atomic E-state index is 12.0. The molecular weight excluding hydrogens is 214 g/mol. The van der Waals surface area contributed by atoms with Crippen LogP contribution in [0.4, 0.5) is 0 Å². The van der Waals surface area contributed by atoms with Crippen molar-refractivity contribution in [2.45, 2.75) is 33.2 Å². The Labute approximate surface area is 103 Å². The van der Waals surface area contributed by atoms with Gasteiger partial charge in [-0.1, -0.05) is 19.9 Å². The van der Waals surface area contributed by atoms with Crippen LogP contribution < -0.4 is 11.1 Å². The Morgan fingerprint density at radius 3 is 2.76 bits per heavy atom. The van der Waals surface area contributed by atoms with E-state index >= 15 is 0 Å². The molecule has 1 aromatic heterocycles. The Morgan fingerprint density at radius 1 is 1.53 bits per heavy atom. The van der Waals surface area contributed by atoms with E-state index in [9.17, 15) is 4.79 Å². The van der Waals surface area contributed by atoms with Crippen molar-refractivity contribution < 1.29 is 4.79 Å². The molecule has 0 fully saturated rings. The fourth-order valence-corrected chi connectivity index (χ4v) is 1.57. The second kappa shape index (κ2) is 5.77. The van der Waals surface area contributed by atoms with E-state index in [0.717, 1.165) is 5.69 Å². The Kier molecular flexibility index (Phi) is 4.63. The highest BCUT2D eigenvalue weighted by Gasteiger charge is 2.27. The molecule has 3 N–H and O–H groups in total. The van der Waals surface area contributed by atoms with Gasteiger partial charge in [-0.15, -0.1) is 0 Å². The van der Waals surface area contributed by atoms with E-state index < -0.39 is 5.41 Å². The zero-order valence-corrected chi connectivity index (χ0v) is 10.7. The lowest BCUT2D eigenvalue weighted by Gasteiger charge is -2.25. The number of carbonyl (C=O) groups is 1. The number of hydrogen-bond acceptors (Lipinski definition) is 3. The summed E-state index contributed by atoms with van der Waals surface area (Å²) in [4.78, 5) is 16.3. The van der Waals surface area contributed by atoms with Gasteiger partial charge in [-0.3, -0.25) is 9.78 Å². The van der Waals surface area contributed by atoms with Gasteiger partial charge >= 0.3 is 0 Å². The Hall–Kier alpha value is -1.42. The molecule has 0 saturated carbocycles. The molecule has 0 aliphatic heterocycles. The van der Waals surface area contributed by atoms with E-state index in [-0.39, 0.29) is 11.9 Å². The van der Waals surface area contributed by atoms with Crippen molar-refractivity contribution in [2.24, 2.45) is 11.1 Å². The summed E-state index contributed by atoms with van der Waals surface area (Å²) in [7, 11) is 0. The summed E-state index contributed by atoms with van der Waals surface area (Å²) in [5, 5.41) is 2.96. The number of nitrogens with two attached hydrogens (primary N) is 1. The molecule has 1 heterocycles. The normalized spacial score (nSPS) is 13.2. The molecule has 0 aliphatic carbocycles. The summed E-state index contributed by atoms with van der Waals surface area (Å²) in [6.07, 6.45) is 2.40. The minimum Gasteiger partial charge on any atom is -0.348 e. The molecule has 17 heavy (non-hydrogen) atoms. The number of nitrogens with zero attached hydrogens (tertiary/aromatic N) is 1. The lowest BCUT2D eigenvalue weighted by Crippen LogP contribution is -2.39. The van der Waals surface area contributed by atoms with Crippen molar-refractivity contribution in [2.75, 3.05) is 6.54 Å². The van der Waals surface area contributed by atoms with Crippen LogP contribution in [0.15, 0.2) is 24.4 Å². The molecular formula is C13H21N3O. The third-order valence-corrected chi connectivity index (χ3v) is 2.86. The van der Waals surface area contributed by atoms with Gasteiger partial charge in [-0.25, -0.2) is 0 Å². The van der Waals surface area contributed by atoms with E-state index in [1.807, 2.05) is 39.0 Å². The van der Waals surface area contributed by atoms with Crippen molar-refractivity contribution in [1.29, 1.82) is 0 Å². The molecule has 0 radical (unpaired) electrons. The molecule has 0 bridgehead atoms. The van der Waals surface area contributed by atoms with Crippen LogP contribution in [0.1, 0.15) is 38.9 Å². The summed E-state index contributed by atoms with van der Waals surface area (Å²) >= 11 is 0. The summed E-state index contributed by atoms with van der Waals surface area (Å²) in [5.41, 5.74) is 5.93. The molecule has 0 unspecified atom stereocenters. The van der Waals surface area contributed by atoms with Crippen LogP contribution in [0.25, 0.3) is 0 Å². The number of nitrogens with one attached hydrogen (secondary N) is 1. The van der Waals surface area contributed by atoms with E-state index in [4.69, 9.17) is 5.73 Å². The Morgan fingerprint density at radius 2 is 2.24 bits per heavy atom. The predicted octanol–water partition coefficient (Wildman–Crippen LogP) is 1.63. The van der Waals surface area contributed by atoms with E-state index in [1.54, 1.807) is 6.20 Å². The number of carbonyl (C=O) groups excluding carboxylic acids is 1. The first-order chi connectivity index (χ1) is 7.97. The smallest absolute Gasteiger partial charge is 0.226 e. The molecule has 1 amide bonds. The van der Waals surface area contributed by atoms with Crippen LogP contribution in [0.2, 0.25) is 0 Å². The molecule has 0 aromatic carbocycles. The number of amides is 1. The molecule has 0 saturated heterocycles. The predicted molar refractivity (Wildman–Crippen MR) is 68.2 cm³/mol. The lowest BCUT2D eigenvalue weighted by atomic mass is 9.88. The highest BCUT2D eigenvalue weighted by molar-refractivity contribution is 5.82. The first kappa shape index (κ1) is 13.6. The number of rotatable bonds is 5. The second-order valence-corrected chi connectivity index (χ2v) is 4.87. The summed E-state index contributed by atoms with van der Waals surface area (Å²) in [6.45, 7) is 6.25. The van der Waals surface area contributed by atoms with Crippen molar-refractivity contribution in [1.82, 2.24) is 10.3 Å². The van der Waals surface area contributed by atoms with Crippen molar-refractivity contribution in [3.05, 3.63) is 30.1 Å². The maximum Gasteiger partial charge on any atom is 0.226 e. The number of aromatic nitrogens is 1. The molecule has 1 aromatic rings. The summed E-state index contributed by atoms with van der Waals surface area (Å²) < 4.78 is 0. The highest BCUT2D eigenvalue weighted by Crippen LogP contribution is 2.21. The fraction of sp³-hybridized carbons (Fsp3) is 0.538. The maximum absolute atomic E-state index is 12.0. The zero-order chi connectivity index (χ0) is 12.9. The van der Waals surface area contributed by atoms with Crippen LogP contribution >= 0.6 is 0 Å². The standard InChI is InChI=1S/C13H21N3O/c1-10(11-6-4-5-9-15-11)16-12(17)13(2,3)7-8-14/h4-6,9-10H,7-8,14H2,1-3H3,(H,16,17)/t10-/m1/s1. The van der Waals surface area contributed by atoms with E-state index in [1.165, 1.54) is 0 Å². The van der Waals surface area contributed by atoms with Crippen LogP contribution in [0.3, 0.4) is 0 Å². The Bertz CT molecular complexity index is 362. The van der Waals surface area contributed by atoms with Gasteiger partial charge in [-0.05, 0) is 32.0 Å². The largest absolute Gasteiger partial charge is 0.348 e. The number of pyridine rings is 1. The minimum absolute atomic E-state index is 0.0149. The van der Waals surface area contributed by atoms with Gasteiger partial charge in [0.15, 0.2) is 0 Å². The number of hydrogen-bond donors (Lipinski definition) is 2. The minimum atomic E-state index is -0.433. The topological polar surface area (TPSA) is 68.0 Å². The summed E-state index contributed by atoms with van der Waals surface area (Å²) in [5.74, 6) is 0.0149. The monoisotopic (exact) mass is 235 g/mol. The van der Waals surface area contributed by atoms with Gasteiger partial charge in [0.05, 0.1) is 11.7 Å². The molecule has 0 spiro atoms. The summed E-state index contributed by atoms with van der Waals surface area (Å²) in [6, 6.07) is 5.59. The third kappa shape index (κ3) is 3.82. The van der Waals surface area contributed by atoms with Crippen LogP contribution in [0, 0.1) is 5.41 Å². The zero-order valence-electron chi connectivity index (χ0n) is 10.7. The van der Waals surface area contributed by atoms with Crippen molar-refractivity contribution >= 4 is 5.91 Å². The SMILES string of the molecule is C[C@@H](NC(=O)C(C)(C)CCN)c1ccccn1. The molecule has 1 rings (SSSR count). The lowest BCUT2D eigenvalue weighted by molar-refractivity contribution is -0.130. The molecule has 1 atom stereocenters. The van der Waals surface area contributed by atoms with Gasteiger partial charge in [0.1, 0.15) is 0 Å². The first-order valence-corrected chi connectivity index (χ1v) is 5.89. The van der Waals surface area contributed by atoms with Crippen molar-refractivity contribution in [3.63, 3.8) is 0 Å². The molecule has 0 aliphatic rings. The average molecular weight is 235 g/mol. The Balaban J connectivity index is 2.63. The van der Waals surface area contributed by atoms with E-state index in [2.05, 4.69) is 10.3 Å². The molecule has 94 valence electrons. The van der Waals surface area contributed by atoms with Gasteiger partial charge in [0.25, 0.3) is 0 Å². The van der Waals surface area contributed by atoms with Crippen molar-refractivity contribution in [3.8, 4) is 0 Å². The van der Waals surface area contributed by atoms with Gasteiger partial charge in [-0.2, -0.15) is 0 Å². The highest BCUT2D eigenvalue weighted by atomic mass is 16.2. The molecule has 4 nitrogen and oxygen atoms in total. The fourth-order valence-electron chi connectivity index (χ4n) is 1.57. The van der Waals surface area contributed by atoms with Gasteiger partial charge < -0.3 is 11.1 Å².